The molecule has 60 valence electrons. The molecule has 3 nitrogen and oxygen atoms in total. The van der Waals surface area contributed by atoms with Crippen LogP contribution in [0.3, 0.4) is 0 Å². The first-order chi connectivity index (χ1) is 5.11. The Morgan fingerprint density at radius 1 is 1.82 bits per heavy atom. The zero-order chi connectivity index (χ0) is 8.43. The molecule has 1 unspecified atom stereocenters. The van der Waals surface area contributed by atoms with Gasteiger partial charge in [-0.2, -0.15) is 5.10 Å². The third-order valence-electron chi connectivity index (χ3n) is 1.30. The van der Waals surface area contributed by atoms with Crippen molar-refractivity contribution < 1.29 is 4.79 Å². The van der Waals surface area contributed by atoms with E-state index in [2.05, 4.69) is 5.10 Å². The van der Waals surface area contributed by atoms with Crippen molar-refractivity contribution in [3.8, 4) is 0 Å². The van der Waals surface area contributed by atoms with Crippen molar-refractivity contribution in [2.75, 3.05) is 0 Å². The predicted molar refractivity (Wildman–Crippen MR) is 42.8 cm³/mol. The van der Waals surface area contributed by atoms with Gasteiger partial charge in [-0.1, -0.05) is 11.6 Å². The average Bonchev–Trinajstić information content (AvgIpc) is 2.34. The molecule has 0 saturated carbocycles. The van der Waals surface area contributed by atoms with Crippen LogP contribution >= 0.6 is 23.2 Å². The molecule has 11 heavy (non-hydrogen) atoms. The number of nitrogens with zero attached hydrogens (tertiary/aromatic N) is 2. The van der Waals surface area contributed by atoms with Gasteiger partial charge < -0.3 is 0 Å². The van der Waals surface area contributed by atoms with Gasteiger partial charge in [0.2, 0.25) is 5.24 Å². The summed E-state index contributed by atoms with van der Waals surface area (Å²) >= 11 is 10.8. The van der Waals surface area contributed by atoms with Crippen LogP contribution in [0.15, 0.2) is 12.4 Å². The summed E-state index contributed by atoms with van der Waals surface area (Å²) in [5.41, 5.74) is 0. The summed E-state index contributed by atoms with van der Waals surface area (Å²) in [4.78, 5) is 10.6. The molecule has 5 heteroatoms. The van der Waals surface area contributed by atoms with Crippen molar-refractivity contribution in [3.63, 3.8) is 0 Å². The maximum Gasteiger partial charge on any atom is 0.245 e. The smallest absolute Gasteiger partial charge is 0.245 e. The second-order valence-corrected chi connectivity index (χ2v) is 2.93. The minimum Gasteiger partial charge on any atom is -0.279 e. The molecule has 0 bridgehead atoms. The van der Waals surface area contributed by atoms with E-state index in [0.29, 0.717) is 5.02 Å². The van der Waals surface area contributed by atoms with E-state index in [9.17, 15) is 4.79 Å². The maximum absolute atomic E-state index is 10.6. The van der Waals surface area contributed by atoms with Crippen molar-refractivity contribution in [2.45, 2.75) is 13.0 Å². The molecule has 1 heterocycles. The highest BCUT2D eigenvalue weighted by atomic mass is 35.5. The van der Waals surface area contributed by atoms with Crippen molar-refractivity contribution in [3.05, 3.63) is 17.4 Å². The molecule has 0 aromatic carbocycles. The number of hydrogen-bond donors (Lipinski definition) is 0. The lowest BCUT2D eigenvalue weighted by Gasteiger charge is -2.04. The van der Waals surface area contributed by atoms with Gasteiger partial charge in [-0.3, -0.25) is 9.48 Å². The molecular weight excluding hydrogens is 187 g/mol. The van der Waals surface area contributed by atoms with Gasteiger partial charge in [-0.05, 0) is 18.5 Å². The topological polar surface area (TPSA) is 34.9 Å². The fourth-order valence-electron chi connectivity index (χ4n) is 0.631. The summed E-state index contributed by atoms with van der Waals surface area (Å²) in [6, 6.07) is -0.454. The molecule has 0 amide bonds. The predicted octanol–water partition coefficient (Wildman–Crippen LogP) is 1.86. The largest absolute Gasteiger partial charge is 0.279 e. The lowest BCUT2D eigenvalue weighted by molar-refractivity contribution is -0.114. The van der Waals surface area contributed by atoms with Crippen molar-refractivity contribution in [1.82, 2.24) is 9.78 Å². The number of carbonyl (C=O) groups is 1. The highest BCUT2D eigenvalue weighted by Crippen LogP contribution is 2.12. The molecule has 0 aliphatic rings. The zero-order valence-corrected chi connectivity index (χ0v) is 7.30. The summed E-state index contributed by atoms with van der Waals surface area (Å²) in [6.45, 7) is 1.65. The first-order valence-corrected chi connectivity index (χ1v) is 3.76. The Labute approximate surface area is 73.9 Å². The quantitative estimate of drug-likeness (QED) is 0.672. The average molecular weight is 193 g/mol. The van der Waals surface area contributed by atoms with Crippen LogP contribution in [0.25, 0.3) is 0 Å². The SMILES string of the molecule is CC(C(=O)Cl)n1cc(Cl)cn1. The Morgan fingerprint density at radius 3 is 2.82 bits per heavy atom. The first-order valence-electron chi connectivity index (χ1n) is 3.00. The van der Waals surface area contributed by atoms with Gasteiger partial charge >= 0.3 is 0 Å². The third-order valence-corrected chi connectivity index (χ3v) is 1.81. The number of aromatic nitrogens is 2. The Balaban J connectivity index is 2.84. The Bertz CT molecular complexity index is 271. The molecule has 0 aliphatic carbocycles. The van der Waals surface area contributed by atoms with Crippen LogP contribution in [0.1, 0.15) is 13.0 Å². The normalized spacial score (nSPS) is 13.0. The maximum atomic E-state index is 10.6. The summed E-state index contributed by atoms with van der Waals surface area (Å²) in [6.07, 6.45) is 3.00. The molecule has 1 atom stereocenters. The fraction of sp³-hybridized carbons (Fsp3) is 0.333. The van der Waals surface area contributed by atoms with Gasteiger partial charge in [-0.15, -0.1) is 0 Å². The number of halogens is 2. The van der Waals surface area contributed by atoms with Crippen LogP contribution in [-0.2, 0) is 4.79 Å². The minimum atomic E-state index is -0.454. The first kappa shape index (κ1) is 8.56. The lowest BCUT2D eigenvalue weighted by Crippen LogP contribution is -2.11. The van der Waals surface area contributed by atoms with E-state index < -0.39 is 11.3 Å². The molecular formula is C6H6Cl2N2O. The number of carbonyl (C=O) groups excluding carboxylic acids is 1. The summed E-state index contributed by atoms with van der Waals surface area (Å²) in [5, 5.41) is 3.86. The number of hydrogen-bond acceptors (Lipinski definition) is 2. The number of rotatable bonds is 2. The van der Waals surface area contributed by atoms with Crippen molar-refractivity contribution in [2.24, 2.45) is 0 Å². The molecule has 0 aliphatic heterocycles. The summed E-state index contributed by atoms with van der Waals surface area (Å²) in [5.74, 6) is 0. The Hall–Kier alpha value is -0.540. The molecule has 0 radical (unpaired) electrons. The summed E-state index contributed by atoms with van der Waals surface area (Å²) < 4.78 is 1.41. The van der Waals surface area contributed by atoms with E-state index >= 15 is 0 Å². The van der Waals surface area contributed by atoms with Crippen LogP contribution in [-0.4, -0.2) is 15.0 Å². The second-order valence-electron chi connectivity index (χ2n) is 2.12. The highest BCUT2D eigenvalue weighted by molar-refractivity contribution is 6.64. The Kier molecular flexibility index (Phi) is 2.52. The van der Waals surface area contributed by atoms with Gasteiger partial charge in [0, 0.05) is 6.20 Å². The molecule has 0 saturated heterocycles. The molecule has 1 rings (SSSR count). The zero-order valence-electron chi connectivity index (χ0n) is 5.79. The van der Waals surface area contributed by atoms with Crippen LogP contribution < -0.4 is 0 Å². The van der Waals surface area contributed by atoms with Crippen LogP contribution in [0.5, 0.6) is 0 Å². The van der Waals surface area contributed by atoms with E-state index in [0.717, 1.165) is 0 Å². The van der Waals surface area contributed by atoms with E-state index in [4.69, 9.17) is 23.2 Å². The second kappa shape index (κ2) is 3.24. The molecule has 1 aromatic heterocycles. The van der Waals surface area contributed by atoms with Gasteiger partial charge in [0.25, 0.3) is 0 Å². The third kappa shape index (κ3) is 1.94. The summed E-state index contributed by atoms with van der Waals surface area (Å²) in [7, 11) is 0. The van der Waals surface area contributed by atoms with E-state index in [1.54, 1.807) is 13.1 Å². The molecule has 0 fully saturated rings. The fourth-order valence-corrected chi connectivity index (χ4v) is 0.874. The Morgan fingerprint density at radius 2 is 2.45 bits per heavy atom. The minimum absolute atomic E-state index is 0.454. The molecule has 0 N–H and O–H groups in total. The molecule has 0 spiro atoms. The molecule has 1 aromatic rings. The van der Waals surface area contributed by atoms with Crippen molar-refractivity contribution >= 4 is 28.4 Å². The van der Waals surface area contributed by atoms with Gasteiger partial charge in [0.1, 0.15) is 6.04 Å². The lowest BCUT2D eigenvalue weighted by atomic mass is 10.4. The van der Waals surface area contributed by atoms with Gasteiger partial charge in [-0.25, -0.2) is 0 Å². The standard InChI is InChI=1S/C6H6Cl2N2O/c1-4(6(8)11)10-3-5(7)2-9-10/h2-4H,1H3. The van der Waals surface area contributed by atoms with Crippen LogP contribution in [0.4, 0.5) is 0 Å². The van der Waals surface area contributed by atoms with Crippen molar-refractivity contribution in [1.29, 1.82) is 0 Å². The highest BCUT2D eigenvalue weighted by Gasteiger charge is 2.12. The van der Waals surface area contributed by atoms with Crippen LogP contribution in [0.2, 0.25) is 5.02 Å². The van der Waals surface area contributed by atoms with E-state index in [1.807, 2.05) is 0 Å². The van der Waals surface area contributed by atoms with Gasteiger partial charge in [0.05, 0.1) is 11.2 Å². The van der Waals surface area contributed by atoms with E-state index in [1.165, 1.54) is 10.9 Å². The monoisotopic (exact) mass is 192 g/mol. The van der Waals surface area contributed by atoms with Gasteiger partial charge in [0.15, 0.2) is 0 Å². The van der Waals surface area contributed by atoms with Crippen LogP contribution in [0, 0.1) is 0 Å². The van der Waals surface area contributed by atoms with E-state index in [-0.39, 0.29) is 0 Å².